The molecule has 0 bridgehead atoms. The predicted molar refractivity (Wildman–Crippen MR) is 187 cm³/mol. The van der Waals surface area contributed by atoms with Gasteiger partial charge in [0.05, 0.1) is 11.0 Å². The molecule has 3 aromatic heterocycles. The number of nitrogens with zero attached hydrogens (tertiary/aromatic N) is 5. The molecule has 14 heteroatoms. The summed E-state index contributed by atoms with van der Waals surface area (Å²) in [4.78, 5) is 32.5. The molecule has 1 fully saturated rings. The summed E-state index contributed by atoms with van der Waals surface area (Å²) >= 11 is 0. The van der Waals surface area contributed by atoms with Crippen LogP contribution in [0.4, 0.5) is 13.2 Å². The second-order valence-electron chi connectivity index (χ2n) is 12.9. The summed E-state index contributed by atoms with van der Waals surface area (Å²) in [7, 11) is 0. The molecule has 4 N–H and O–H groups in total. The Balaban J connectivity index is 1.11. The molecule has 0 spiro atoms. The lowest BCUT2D eigenvalue weighted by Crippen LogP contribution is -2.23. The zero-order valence-electron chi connectivity index (χ0n) is 27.6. The molecule has 0 atom stereocenters. The molecule has 3 heterocycles. The summed E-state index contributed by atoms with van der Waals surface area (Å²) in [5.41, 5.74) is 10.5. The first-order valence-corrected chi connectivity index (χ1v) is 16.8. The Morgan fingerprint density at radius 3 is 2.42 bits per heavy atom. The van der Waals surface area contributed by atoms with Crippen molar-refractivity contribution in [3.63, 3.8) is 0 Å². The number of tetrazole rings is 1. The third kappa shape index (κ3) is 6.16. The van der Waals surface area contributed by atoms with Gasteiger partial charge in [0.15, 0.2) is 0 Å². The molecule has 1 amide bonds. The van der Waals surface area contributed by atoms with Crippen molar-refractivity contribution in [2.24, 2.45) is 5.73 Å². The van der Waals surface area contributed by atoms with Crippen LogP contribution in [0.1, 0.15) is 64.4 Å². The van der Waals surface area contributed by atoms with Crippen molar-refractivity contribution in [1.82, 2.24) is 35.2 Å². The van der Waals surface area contributed by atoms with E-state index in [0.717, 1.165) is 53.7 Å². The van der Waals surface area contributed by atoms with E-state index >= 15 is 0 Å². The number of ether oxygens (including phenoxy) is 1. The molecule has 4 aromatic carbocycles. The van der Waals surface area contributed by atoms with Gasteiger partial charge in [-0.3, -0.25) is 9.59 Å². The van der Waals surface area contributed by atoms with E-state index in [1.165, 1.54) is 30.8 Å². The maximum atomic E-state index is 13.6. The van der Waals surface area contributed by atoms with E-state index in [4.69, 9.17) is 15.5 Å². The van der Waals surface area contributed by atoms with Gasteiger partial charge in [-0.1, -0.05) is 25.3 Å². The topological polar surface area (TPSA) is 157 Å². The minimum Gasteiger partial charge on any atom is -0.489 e. The molecule has 1 aliphatic carbocycles. The Morgan fingerprint density at radius 2 is 1.69 bits per heavy atom. The second kappa shape index (κ2) is 13.1. The molecule has 0 aliphatic heterocycles. The number of Topliss-reactive ketones (excluding diaryl/α,β-unsaturated/α-hetero) is 1. The van der Waals surface area contributed by atoms with E-state index in [1.54, 1.807) is 18.2 Å². The fourth-order valence-electron chi connectivity index (χ4n) is 7.11. The number of aromatic amines is 2. The van der Waals surface area contributed by atoms with Gasteiger partial charge in [0.1, 0.15) is 18.2 Å². The van der Waals surface area contributed by atoms with Gasteiger partial charge in [-0.15, -0.1) is 10.2 Å². The SMILES string of the molecule is NC(=O)c1ccc(-c2cc(C(=O)C(F)(F)F)c3cc[nH]c3c2)c(COc2ccc(-c3nc4cc(-c5nn[nH]n5)ccc4n3C3CCCCC3)cc2)c1. The summed E-state index contributed by atoms with van der Waals surface area (Å²) in [6, 6.07) is 22.7. The summed E-state index contributed by atoms with van der Waals surface area (Å²) < 4.78 is 49.2. The van der Waals surface area contributed by atoms with E-state index in [9.17, 15) is 22.8 Å². The van der Waals surface area contributed by atoms with E-state index in [-0.39, 0.29) is 17.6 Å². The smallest absolute Gasteiger partial charge is 0.454 e. The highest BCUT2D eigenvalue weighted by Gasteiger charge is 2.40. The number of H-pyrrole nitrogens is 2. The molecule has 8 rings (SSSR count). The Bertz CT molecular complexity index is 2440. The lowest BCUT2D eigenvalue weighted by molar-refractivity contribution is -0.0884. The molecule has 7 aromatic rings. The monoisotopic (exact) mass is 704 g/mol. The van der Waals surface area contributed by atoms with E-state index in [1.807, 2.05) is 36.4 Å². The number of rotatable bonds is 9. The highest BCUT2D eigenvalue weighted by atomic mass is 19.4. The van der Waals surface area contributed by atoms with E-state index in [0.29, 0.717) is 39.8 Å². The fourth-order valence-corrected chi connectivity index (χ4v) is 7.11. The average molecular weight is 705 g/mol. The number of hydrogen-bond donors (Lipinski definition) is 3. The second-order valence-corrected chi connectivity index (χ2v) is 12.9. The summed E-state index contributed by atoms with van der Waals surface area (Å²) in [6.45, 7) is -0.0411. The summed E-state index contributed by atoms with van der Waals surface area (Å²) in [5, 5.41) is 14.5. The number of fused-ring (bicyclic) bond motifs is 2. The van der Waals surface area contributed by atoms with Gasteiger partial charge >= 0.3 is 6.18 Å². The van der Waals surface area contributed by atoms with E-state index in [2.05, 4.69) is 36.2 Å². The molecule has 0 unspecified atom stereocenters. The van der Waals surface area contributed by atoms with Crippen LogP contribution in [0.15, 0.2) is 85.1 Å². The van der Waals surface area contributed by atoms with Crippen LogP contribution >= 0.6 is 0 Å². The molecule has 1 aliphatic rings. The number of amides is 1. The number of halogens is 3. The number of imidazole rings is 1. The predicted octanol–water partition coefficient (Wildman–Crippen LogP) is 7.96. The van der Waals surface area contributed by atoms with Gasteiger partial charge in [0.2, 0.25) is 11.7 Å². The number of carbonyl (C=O) groups is 2. The van der Waals surface area contributed by atoms with Gasteiger partial charge in [0.25, 0.3) is 5.78 Å². The quantitative estimate of drug-likeness (QED) is 0.129. The maximum absolute atomic E-state index is 13.6. The third-order valence-corrected chi connectivity index (χ3v) is 9.61. The first-order valence-electron chi connectivity index (χ1n) is 16.8. The van der Waals surface area contributed by atoms with Crippen molar-refractivity contribution < 1.29 is 27.5 Å². The Labute approximate surface area is 294 Å². The molecular weight excluding hydrogens is 673 g/mol. The van der Waals surface area contributed by atoms with Crippen LogP contribution in [0.25, 0.3) is 55.8 Å². The van der Waals surface area contributed by atoms with E-state index < -0.39 is 23.4 Å². The van der Waals surface area contributed by atoms with Crippen molar-refractivity contribution in [1.29, 1.82) is 0 Å². The first-order chi connectivity index (χ1) is 25.1. The van der Waals surface area contributed by atoms with Crippen LogP contribution in [0, 0.1) is 0 Å². The van der Waals surface area contributed by atoms with Crippen molar-refractivity contribution in [3.05, 3.63) is 102 Å². The molecule has 0 radical (unpaired) electrons. The van der Waals surface area contributed by atoms with Crippen LogP contribution in [0.3, 0.4) is 0 Å². The molecule has 52 heavy (non-hydrogen) atoms. The minimum atomic E-state index is -5.06. The highest BCUT2D eigenvalue weighted by molar-refractivity contribution is 6.11. The Morgan fingerprint density at radius 1 is 0.904 bits per heavy atom. The van der Waals surface area contributed by atoms with Gasteiger partial charge in [-0.05, 0) is 108 Å². The summed E-state index contributed by atoms with van der Waals surface area (Å²) in [5.74, 6) is -0.780. The molecular formula is C38H31F3N8O3. The van der Waals surface area contributed by atoms with Crippen LogP contribution in [0.2, 0.25) is 0 Å². The first kappa shape index (κ1) is 32.9. The fraction of sp³-hybridized carbons (Fsp3) is 0.211. The average Bonchev–Trinajstić information content (AvgIpc) is 3.94. The Kier molecular flexibility index (Phi) is 8.28. The number of aromatic nitrogens is 7. The molecule has 1 saturated carbocycles. The van der Waals surface area contributed by atoms with Gasteiger partial charge in [0, 0.05) is 45.4 Å². The molecule has 11 nitrogen and oxygen atoms in total. The standard InChI is InChI=1S/C38H31F3N8O3/c39-38(40,41)34(50)30-17-24(19-31-29(30)14-15-43-31)28-12-8-22(35(42)51)16-25(28)20-52-27-10-6-21(7-11-27)37-44-32-18-23(36-45-47-48-46-36)9-13-33(32)49(37)26-4-2-1-3-5-26/h6-19,26,43H,1-5,20H2,(H2,42,51)(H,45,46,47,48). The number of carbonyl (C=O) groups excluding carboxylic acids is 2. The van der Waals surface area contributed by atoms with Crippen LogP contribution < -0.4 is 10.5 Å². The van der Waals surface area contributed by atoms with Crippen LogP contribution in [-0.2, 0) is 6.61 Å². The molecule has 262 valence electrons. The zero-order valence-corrected chi connectivity index (χ0v) is 27.6. The lowest BCUT2D eigenvalue weighted by atomic mass is 9.93. The normalized spacial score (nSPS) is 13.9. The number of nitrogens with one attached hydrogen (secondary N) is 2. The minimum absolute atomic E-state index is 0.0411. The van der Waals surface area contributed by atoms with Crippen molar-refractivity contribution in [2.75, 3.05) is 0 Å². The largest absolute Gasteiger partial charge is 0.489 e. The number of alkyl halides is 3. The summed E-state index contributed by atoms with van der Waals surface area (Å²) in [6.07, 6.45) is 2.04. The van der Waals surface area contributed by atoms with Gasteiger partial charge in [-0.25, -0.2) is 4.98 Å². The van der Waals surface area contributed by atoms with Gasteiger partial charge in [-0.2, -0.15) is 18.4 Å². The lowest BCUT2D eigenvalue weighted by Gasteiger charge is -2.25. The number of primary amides is 1. The number of nitrogens with two attached hydrogens (primary N) is 1. The maximum Gasteiger partial charge on any atom is 0.454 e. The number of benzene rings is 4. The van der Waals surface area contributed by atoms with Gasteiger partial charge < -0.3 is 20.0 Å². The van der Waals surface area contributed by atoms with Crippen LogP contribution in [-0.4, -0.2) is 53.0 Å². The zero-order chi connectivity index (χ0) is 36.0. The van der Waals surface area contributed by atoms with Crippen molar-refractivity contribution in [3.8, 4) is 39.7 Å². The van der Waals surface area contributed by atoms with Crippen molar-refractivity contribution in [2.45, 2.75) is 50.9 Å². The van der Waals surface area contributed by atoms with Crippen molar-refractivity contribution >= 4 is 33.6 Å². The molecule has 0 saturated heterocycles. The van der Waals surface area contributed by atoms with Crippen LogP contribution in [0.5, 0.6) is 5.75 Å². The number of hydrogen-bond acceptors (Lipinski definition) is 7. The Hall–Kier alpha value is -6.31. The highest BCUT2D eigenvalue weighted by Crippen LogP contribution is 2.38. The third-order valence-electron chi connectivity index (χ3n) is 9.61. The number of ketones is 1.